The van der Waals surface area contributed by atoms with E-state index in [2.05, 4.69) is 13.2 Å². The average Bonchev–Trinajstić information content (AvgIpc) is 2.48. The van der Waals surface area contributed by atoms with Gasteiger partial charge < -0.3 is 9.47 Å². The molecule has 1 aromatic rings. The van der Waals surface area contributed by atoms with Crippen molar-refractivity contribution in [2.24, 2.45) is 0 Å². The molecule has 0 fully saturated rings. The quantitative estimate of drug-likeness (QED) is 0.252. The molecule has 0 bridgehead atoms. The highest BCUT2D eigenvalue weighted by Crippen LogP contribution is 2.10. The molecule has 0 amide bonds. The fraction of sp³-hybridized carbons (Fsp3) is 0.125. The van der Waals surface area contributed by atoms with Crippen molar-refractivity contribution in [3.8, 4) is 0 Å². The van der Waals surface area contributed by atoms with E-state index in [1.54, 1.807) is 24.3 Å². The van der Waals surface area contributed by atoms with Gasteiger partial charge in [0.05, 0.1) is 0 Å². The topological polar surface area (TPSA) is 52.6 Å². The largest absolute Gasteiger partial charge is 0.458 e. The lowest BCUT2D eigenvalue weighted by Gasteiger charge is -2.06. The Morgan fingerprint density at radius 1 is 0.950 bits per heavy atom. The van der Waals surface area contributed by atoms with Crippen LogP contribution in [0.1, 0.15) is 5.56 Å². The van der Waals surface area contributed by atoms with Gasteiger partial charge in [0.1, 0.15) is 18.8 Å². The Bertz CT molecular complexity index is 489. The summed E-state index contributed by atoms with van der Waals surface area (Å²) in [6, 6.07) is 8.97. The Kier molecular flexibility index (Phi) is 6.54. The molecule has 104 valence electrons. The molecule has 0 spiro atoms. The second-order valence-electron chi connectivity index (χ2n) is 3.74. The molecule has 0 N–H and O–H groups in total. The summed E-state index contributed by atoms with van der Waals surface area (Å²) in [7, 11) is 0. The van der Waals surface area contributed by atoms with E-state index in [0.29, 0.717) is 5.56 Å². The predicted molar refractivity (Wildman–Crippen MR) is 76.7 cm³/mol. The van der Waals surface area contributed by atoms with Gasteiger partial charge in [-0.3, -0.25) is 0 Å². The average molecular weight is 272 g/mol. The first-order chi connectivity index (χ1) is 9.69. The first-order valence-electron chi connectivity index (χ1n) is 6.01. The number of benzene rings is 1. The highest BCUT2D eigenvalue weighted by Gasteiger charge is 2.21. The van der Waals surface area contributed by atoms with Gasteiger partial charge in [-0.05, 0) is 11.6 Å². The number of hydrogen-bond acceptors (Lipinski definition) is 4. The molecule has 0 atom stereocenters. The Labute approximate surface area is 118 Å². The SMILES string of the molecule is C=CCOC(=O)C(=Cc1ccccc1)C(=O)OCC=C. The predicted octanol–water partition coefficient (Wildman–Crippen LogP) is 2.53. The fourth-order valence-electron chi connectivity index (χ4n) is 1.34. The third-order valence-corrected chi connectivity index (χ3v) is 2.21. The third-order valence-electron chi connectivity index (χ3n) is 2.21. The normalized spacial score (nSPS) is 9.20. The van der Waals surface area contributed by atoms with Crippen LogP contribution in [0.2, 0.25) is 0 Å². The number of ether oxygens (including phenoxy) is 2. The molecule has 4 heteroatoms. The van der Waals surface area contributed by atoms with Crippen molar-refractivity contribution in [1.29, 1.82) is 0 Å². The molecule has 0 unspecified atom stereocenters. The molecule has 0 heterocycles. The minimum Gasteiger partial charge on any atom is -0.458 e. The molecule has 0 aliphatic rings. The fourth-order valence-corrected chi connectivity index (χ4v) is 1.34. The molecule has 1 rings (SSSR count). The minimum absolute atomic E-state index is 0.0275. The number of carbonyl (C=O) groups excluding carboxylic acids is 2. The molecular weight excluding hydrogens is 256 g/mol. The van der Waals surface area contributed by atoms with Crippen LogP contribution in [0, 0.1) is 0 Å². The van der Waals surface area contributed by atoms with E-state index in [4.69, 9.17) is 9.47 Å². The summed E-state index contributed by atoms with van der Waals surface area (Å²) in [4.78, 5) is 23.7. The smallest absolute Gasteiger partial charge is 0.345 e. The zero-order valence-electron chi connectivity index (χ0n) is 11.1. The van der Waals surface area contributed by atoms with Crippen LogP contribution in [0.3, 0.4) is 0 Å². The molecule has 0 aliphatic carbocycles. The van der Waals surface area contributed by atoms with Gasteiger partial charge in [0.25, 0.3) is 0 Å². The lowest BCUT2D eigenvalue weighted by atomic mass is 10.1. The lowest BCUT2D eigenvalue weighted by molar-refractivity contribution is -0.145. The number of rotatable bonds is 7. The summed E-state index contributed by atoms with van der Waals surface area (Å²) in [5, 5.41) is 0. The molecule has 0 aromatic heterocycles. The second kappa shape index (κ2) is 8.48. The molecule has 20 heavy (non-hydrogen) atoms. The van der Waals surface area contributed by atoms with E-state index in [1.807, 2.05) is 6.07 Å². The van der Waals surface area contributed by atoms with Gasteiger partial charge in [0.15, 0.2) is 0 Å². The molecule has 0 aliphatic heterocycles. The highest BCUT2D eigenvalue weighted by atomic mass is 16.6. The Morgan fingerprint density at radius 2 is 1.45 bits per heavy atom. The monoisotopic (exact) mass is 272 g/mol. The van der Waals surface area contributed by atoms with E-state index < -0.39 is 11.9 Å². The molecular formula is C16H16O4. The maximum atomic E-state index is 11.8. The van der Waals surface area contributed by atoms with Gasteiger partial charge in [0, 0.05) is 0 Å². The first kappa shape index (κ1) is 15.4. The van der Waals surface area contributed by atoms with Gasteiger partial charge in [-0.1, -0.05) is 55.6 Å². The maximum absolute atomic E-state index is 11.8. The highest BCUT2D eigenvalue weighted by molar-refractivity contribution is 6.17. The Hall–Kier alpha value is -2.62. The Morgan fingerprint density at radius 3 is 1.90 bits per heavy atom. The van der Waals surface area contributed by atoms with Crippen molar-refractivity contribution >= 4 is 18.0 Å². The van der Waals surface area contributed by atoms with E-state index in [-0.39, 0.29) is 18.8 Å². The van der Waals surface area contributed by atoms with Crippen LogP contribution in [0.25, 0.3) is 6.08 Å². The minimum atomic E-state index is -0.747. The van der Waals surface area contributed by atoms with E-state index in [9.17, 15) is 9.59 Å². The van der Waals surface area contributed by atoms with Crippen molar-refractivity contribution in [2.45, 2.75) is 0 Å². The second-order valence-corrected chi connectivity index (χ2v) is 3.74. The van der Waals surface area contributed by atoms with Gasteiger partial charge >= 0.3 is 11.9 Å². The van der Waals surface area contributed by atoms with Crippen LogP contribution in [0.4, 0.5) is 0 Å². The van der Waals surface area contributed by atoms with Gasteiger partial charge in [-0.25, -0.2) is 9.59 Å². The third kappa shape index (κ3) is 4.94. The van der Waals surface area contributed by atoms with Crippen LogP contribution in [0.15, 0.2) is 61.2 Å². The summed E-state index contributed by atoms with van der Waals surface area (Å²) < 4.78 is 9.75. The van der Waals surface area contributed by atoms with Crippen LogP contribution in [-0.2, 0) is 19.1 Å². The molecule has 4 nitrogen and oxygen atoms in total. The zero-order chi connectivity index (χ0) is 14.8. The number of esters is 2. The van der Waals surface area contributed by atoms with Gasteiger partial charge in [0.2, 0.25) is 0 Å². The van der Waals surface area contributed by atoms with E-state index in [0.717, 1.165) is 0 Å². The van der Waals surface area contributed by atoms with E-state index in [1.165, 1.54) is 18.2 Å². The standard InChI is InChI=1S/C16H16O4/c1-3-10-19-15(17)14(16(18)20-11-4-2)12-13-8-6-5-7-9-13/h3-9,12H,1-2,10-11H2. The maximum Gasteiger partial charge on any atom is 0.345 e. The Balaban J connectivity index is 2.97. The van der Waals surface area contributed by atoms with Crippen molar-refractivity contribution in [3.63, 3.8) is 0 Å². The summed E-state index contributed by atoms with van der Waals surface area (Å²) >= 11 is 0. The molecule has 0 saturated carbocycles. The molecule has 0 saturated heterocycles. The van der Waals surface area contributed by atoms with Gasteiger partial charge in [-0.2, -0.15) is 0 Å². The zero-order valence-corrected chi connectivity index (χ0v) is 11.1. The van der Waals surface area contributed by atoms with Crippen molar-refractivity contribution in [2.75, 3.05) is 13.2 Å². The number of hydrogen-bond donors (Lipinski definition) is 0. The van der Waals surface area contributed by atoms with Crippen molar-refractivity contribution in [3.05, 3.63) is 66.8 Å². The summed E-state index contributed by atoms with van der Waals surface area (Å²) in [5.74, 6) is -1.49. The van der Waals surface area contributed by atoms with E-state index >= 15 is 0 Å². The molecule has 1 aromatic carbocycles. The summed E-state index contributed by atoms with van der Waals surface area (Å²) in [5.41, 5.74) is 0.536. The number of carbonyl (C=O) groups is 2. The summed E-state index contributed by atoms with van der Waals surface area (Å²) in [6.45, 7) is 6.94. The van der Waals surface area contributed by atoms with Crippen LogP contribution >= 0.6 is 0 Å². The van der Waals surface area contributed by atoms with Crippen molar-refractivity contribution in [1.82, 2.24) is 0 Å². The van der Waals surface area contributed by atoms with Crippen LogP contribution in [-0.4, -0.2) is 25.2 Å². The van der Waals surface area contributed by atoms with Gasteiger partial charge in [-0.15, -0.1) is 0 Å². The summed E-state index contributed by atoms with van der Waals surface area (Å²) in [6.07, 6.45) is 4.27. The molecule has 0 radical (unpaired) electrons. The first-order valence-corrected chi connectivity index (χ1v) is 6.01. The lowest BCUT2D eigenvalue weighted by Crippen LogP contribution is -2.18. The van der Waals surface area contributed by atoms with Crippen LogP contribution in [0.5, 0.6) is 0 Å². The van der Waals surface area contributed by atoms with Crippen LogP contribution < -0.4 is 0 Å². The van der Waals surface area contributed by atoms with Crippen molar-refractivity contribution < 1.29 is 19.1 Å².